The molecule has 10 heteroatoms. The van der Waals surface area contributed by atoms with Crippen molar-refractivity contribution >= 4 is 33.3 Å². The van der Waals surface area contributed by atoms with Crippen LogP contribution in [-0.2, 0) is 14.8 Å². The van der Waals surface area contributed by atoms with Crippen molar-refractivity contribution < 1.29 is 13.2 Å². The summed E-state index contributed by atoms with van der Waals surface area (Å²) < 4.78 is 28.9. The second kappa shape index (κ2) is 7.37. The molecule has 5 rings (SSSR count). The zero-order chi connectivity index (χ0) is 20.7. The molecule has 0 unspecified atom stereocenters. The number of hydrogen-bond donors (Lipinski definition) is 1. The van der Waals surface area contributed by atoms with Crippen molar-refractivity contribution in [1.82, 2.24) is 18.9 Å². The molecule has 0 bridgehead atoms. The molecule has 3 heterocycles. The number of amides is 1. The lowest BCUT2D eigenvalue weighted by molar-refractivity contribution is -0.117. The first-order chi connectivity index (χ1) is 14.5. The van der Waals surface area contributed by atoms with E-state index in [1.807, 2.05) is 18.2 Å². The maximum absolute atomic E-state index is 12.8. The van der Waals surface area contributed by atoms with Crippen molar-refractivity contribution in [2.24, 2.45) is 5.92 Å². The van der Waals surface area contributed by atoms with Gasteiger partial charge in [0, 0.05) is 32.1 Å². The molecule has 1 aromatic carbocycles. The molecule has 1 amide bonds. The van der Waals surface area contributed by atoms with E-state index in [2.05, 4.69) is 20.3 Å². The van der Waals surface area contributed by atoms with Crippen LogP contribution in [0, 0.1) is 5.92 Å². The molecule has 1 saturated heterocycles. The van der Waals surface area contributed by atoms with Crippen molar-refractivity contribution in [3.8, 4) is 0 Å². The van der Waals surface area contributed by atoms with Gasteiger partial charge in [-0.05, 0) is 37.1 Å². The van der Waals surface area contributed by atoms with E-state index in [0.29, 0.717) is 42.7 Å². The van der Waals surface area contributed by atoms with Gasteiger partial charge in [-0.2, -0.15) is 13.8 Å². The number of carbonyl (C=O) groups is 1. The van der Waals surface area contributed by atoms with Crippen LogP contribution in [0.15, 0.2) is 53.4 Å². The quantitative estimate of drug-likeness (QED) is 0.665. The fourth-order valence-electron chi connectivity index (χ4n) is 3.64. The van der Waals surface area contributed by atoms with E-state index in [4.69, 9.17) is 0 Å². The average Bonchev–Trinajstić information content (AvgIpc) is 3.54. The topological polar surface area (TPSA) is 99.9 Å². The summed E-state index contributed by atoms with van der Waals surface area (Å²) in [6, 6.07) is 14.2. The highest BCUT2D eigenvalue weighted by atomic mass is 32.2. The van der Waals surface area contributed by atoms with Crippen molar-refractivity contribution in [2.45, 2.75) is 17.7 Å². The van der Waals surface area contributed by atoms with Crippen LogP contribution < -0.4 is 10.2 Å². The third-order valence-electron chi connectivity index (χ3n) is 5.47. The average molecular weight is 427 g/mol. The van der Waals surface area contributed by atoms with E-state index in [1.54, 1.807) is 34.8 Å². The van der Waals surface area contributed by atoms with Crippen LogP contribution in [0.5, 0.6) is 0 Å². The molecule has 2 fully saturated rings. The van der Waals surface area contributed by atoms with Crippen LogP contribution in [0.4, 0.5) is 11.8 Å². The zero-order valence-corrected chi connectivity index (χ0v) is 17.1. The first kappa shape index (κ1) is 19.0. The highest BCUT2D eigenvalue weighted by Gasteiger charge is 2.31. The Morgan fingerprint density at radius 1 is 0.967 bits per heavy atom. The van der Waals surface area contributed by atoms with E-state index < -0.39 is 10.0 Å². The van der Waals surface area contributed by atoms with Gasteiger partial charge in [0.1, 0.15) is 5.82 Å². The molecule has 1 aliphatic heterocycles. The van der Waals surface area contributed by atoms with E-state index >= 15 is 0 Å². The number of sulfonamides is 1. The highest BCUT2D eigenvalue weighted by molar-refractivity contribution is 7.89. The number of fused-ring (bicyclic) bond motifs is 1. The van der Waals surface area contributed by atoms with E-state index in [-0.39, 0.29) is 11.8 Å². The van der Waals surface area contributed by atoms with Gasteiger partial charge in [0.2, 0.25) is 21.9 Å². The van der Waals surface area contributed by atoms with Crippen molar-refractivity contribution in [1.29, 1.82) is 0 Å². The smallest absolute Gasteiger partial charge is 0.249 e. The second-order valence-electron chi connectivity index (χ2n) is 7.56. The minimum absolute atomic E-state index is 0.0350. The molecule has 1 aliphatic carbocycles. The summed E-state index contributed by atoms with van der Waals surface area (Å²) in [6.45, 7) is 1.84. The molecule has 0 atom stereocenters. The number of nitrogens with one attached hydrogen (secondary N) is 1. The maximum Gasteiger partial charge on any atom is 0.249 e. The fourth-order valence-corrected chi connectivity index (χ4v) is 5.08. The van der Waals surface area contributed by atoms with Crippen LogP contribution >= 0.6 is 0 Å². The Hall–Kier alpha value is -2.98. The highest BCUT2D eigenvalue weighted by Crippen LogP contribution is 2.30. The number of pyridine rings is 1. The normalized spacial score (nSPS) is 17.9. The Kier molecular flexibility index (Phi) is 4.67. The van der Waals surface area contributed by atoms with Crippen molar-refractivity contribution in [3.63, 3.8) is 0 Å². The Bertz CT molecular complexity index is 1180. The largest absolute Gasteiger partial charge is 0.354 e. The molecule has 0 radical (unpaired) electrons. The van der Waals surface area contributed by atoms with E-state index in [0.717, 1.165) is 18.7 Å². The Morgan fingerprint density at radius 3 is 2.40 bits per heavy atom. The number of rotatable bonds is 5. The van der Waals surface area contributed by atoms with Crippen molar-refractivity contribution in [2.75, 3.05) is 36.4 Å². The summed E-state index contributed by atoms with van der Waals surface area (Å²) in [7, 11) is -3.50. The predicted octanol–water partition coefficient (Wildman–Crippen LogP) is 1.59. The molecule has 2 aliphatic rings. The van der Waals surface area contributed by atoms with Crippen molar-refractivity contribution in [3.05, 3.63) is 48.5 Å². The minimum Gasteiger partial charge on any atom is -0.354 e. The van der Waals surface area contributed by atoms with Crippen LogP contribution in [0.25, 0.3) is 5.65 Å². The number of nitrogens with zero attached hydrogens (tertiary/aromatic N) is 5. The zero-order valence-electron chi connectivity index (χ0n) is 16.3. The molecule has 2 aromatic heterocycles. The molecular weight excluding hydrogens is 404 g/mol. The number of carbonyl (C=O) groups excluding carboxylic acids is 1. The molecule has 0 spiro atoms. The number of piperazine rings is 1. The predicted molar refractivity (Wildman–Crippen MR) is 112 cm³/mol. The molecule has 1 N–H and O–H groups in total. The van der Waals surface area contributed by atoms with Gasteiger partial charge in [0.15, 0.2) is 5.65 Å². The Labute approximate surface area is 174 Å². The summed E-state index contributed by atoms with van der Waals surface area (Å²) in [5, 5.41) is 7.23. The van der Waals surface area contributed by atoms with Gasteiger partial charge < -0.3 is 4.90 Å². The summed E-state index contributed by atoms with van der Waals surface area (Å²) in [5.41, 5.74) is 0.637. The molecule has 156 valence electrons. The third-order valence-corrected chi connectivity index (χ3v) is 7.38. The first-order valence-corrected chi connectivity index (χ1v) is 11.4. The van der Waals surface area contributed by atoms with Gasteiger partial charge in [-0.1, -0.05) is 24.3 Å². The first-order valence-electron chi connectivity index (χ1n) is 9.99. The van der Waals surface area contributed by atoms with Gasteiger partial charge >= 0.3 is 0 Å². The van der Waals surface area contributed by atoms with Gasteiger partial charge in [0.25, 0.3) is 0 Å². The van der Waals surface area contributed by atoms with Crippen LogP contribution in [-0.4, -0.2) is 59.4 Å². The lowest BCUT2D eigenvalue weighted by Crippen LogP contribution is -2.49. The number of aromatic nitrogens is 3. The second-order valence-corrected chi connectivity index (χ2v) is 9.50. The van der Waals surface area contributed by atoms with Gasteiger partial charge in [0.05, 0.1) is 4.90 Å². The van der Waals surface area contributed by atoms with E-state index in [1.165, 1.54) is 4.31 Å². The summed E-state index contributed by atoms with van der Waals surface area (Å²) in [5.74, 6) is 1.16. The van der Waals surface area contributed by atoms with Gasteiger partial charge in [-0.25, -0.2) is 8.42 Å². The molecule has 9 nitrogen and oxygen atoms in total. The molecule has 3 aromatic rings. The van der Waals surface area contributed by atoms with Crippen LogP contribution in [0.1, 0.15) is 12.8 Å². The SMILES string of the molecule is O=C(Nc1nc2cccc(N3CCN(S(=O)(=O)c4ccccc4)CC3)n2n1)C1CC1. The Balaban J connectivity index is 1.33. The number of hydrogen-bond acceptors (Lipinski definition) is 6. The van der Waals surface area contributed by atoms with Crippen LogP contribution in [0.2, 0.25) is 0 Å². The van der Waals surface area contributed by atoms with Gasteiger partial charge in [-0.3, -0.25) is 10.1 Å². The lowest BCUT2D eigenvalue weighted by atomic mass is 10.3. The van der Waals surface area contributed by atoms with Crippen LogP contribution in [0.3, 0.4) is 0 Å². The number of benzene rings is 1. The summed E-state index contributed by atoms with van der Waals surface area (Å²) >= 11 is 0. The fraction of sp³-hybridized carbons (Fsp3) is 0.350. The van der Waals surface area contributed by atoms with Gasteiger partial charge in [-0.15, -0.1) is 5.10 Å². The monoisotopic (exact) mass is 426 g/mol. The summed E-state index contributed by atoms with van der Waals surface area (Å²) in [4.78, 5) is 18.8. The summed E-state index contributed by atoms with van der Waals surface area (Å²) in [6.07, 6.45) is 1.83. The Morgan fingerprint density at radius 2 is 1.70 bits per heavy atom. The third kappa shape index (κ3) is 3.52. The standard InChI is InChI=1S/C20H22N6O3S/c27-19(15-9-10-15)22-20-21-17-7-4-8-18(26(17)23-20)24-11-13-25(14-12-24)30(28,29)16-5-2-1-3-6-16/h1-8,15H,9-14H2,(H,22,23,27). The molecule has 1 saturated carbocycles. The minimum atomic E-state index is -3.50. The maximum atomic E-state index is 12.8. The lowest BCUT2D eigenvalue weighted by Gasteiger charge is -2.35. The number of anilines is 2. The molecule has 30 heavy (non-hydrogen) atoms. The molecular formula is C20H22N6O3S. The van der Waals surface area contributed by atoms with E-state index in [9.17, 15) is 13.2 Å².